The van der Waals surface area contributed by atoms with Crippen LogP contribution in [0.4, 0.5) is 4.79 Å². The number of carbonyl (C=O) groups is 3. The van der Waals surface area contributed by atoms with Gasteiger partial charge in [-0.25, -0.2) is 9.59 Å². The van der Waals surface area contributed by atoms with Gasteiger partial charge in [-0.1, -0.05) is 13.3 Å². The van der Waals surface area contributed by atoms with Crippen molar-refractivity contribution in [1.82, 2.24) is 10.2 Å². The van der Waals surface area contributed by atoms with Crippen LogP contribution < -0.4 is 5.32 Å². The van der Waals surface area contributed by atoms with E-state index in [0.29, 0.717) is 19.6 Å². The molecule has 21 heavy (non-hydrogen) atoms. The van der Waals surface area contributed by atoms with E-state index in [2.05, 4.69) is 5.32 Å². The second-order valence-electron chi connectivity index (χ2n) is 5.26. The minimum absolute atomic E-state index is 0.183. The molecule has 0 bridgehead atoms. The Bertz CT molecular complexity index is 399. The number of nitrogens with one attached hydrogen (secondary N) is 1. The average Bonchev–Trinajstić information content (AvgIpc) is 2.87. The van der Waals surface area contributed by atoms with Crippen LogP contribution in [0.15, 0.2) is 0 Å². The van der Waals surface area contributed by atoms with Gasteiger partial charge in [0.05, 0.1) is 13.7 Å². The Morgan fingerprint density at radius 2 is 2.05 bits per heavy atom. The van der Waals surface area contributed by atoms with E-state index in [0.717, 1.165) is 19.3 Å². The second kappa shape index (κ2) is 7.85. The summed E-state index contributed by atoms with van der Waals surface area (Å²) in [6.07, 6.45) is 2.39. The van der Waals surface area contributed by atoms with Crippen LogP contribution in [0.3, 0.4) is 0 Å². The molecule has 0 aromatic rings. The predicted molar refractivity (Wildman–Crippen MR) is 75.6 cm³/mol. The summed E-state index contributed by atoms with van der Waals surface area (Å²) in [5.74, 6) is -0.744. The van der Waals surface area contributed by atoms with E-state index in [1.165, 1.54) is 12.0 Å². The SMILES string of the molecule is CCCCOC(=O)NCC(=O)N1CCC[C@@]1(C)C(=O)OC. The van der Waals surface area contributed by atoms with Gasteiger partial charge in [0.2, 0.25) is 5.91 Å². The largest absolute Gasteiger partial charge is 0.467 e. The predicted octanol–water partition coefficient (Wildman–Crippen LogP) is 1.07. The third-order valence-corrected chi connectivity index (χ3v) is 3.68. The van der Waals surface area contributed by atoms with Crippen LogP contribution in [0, 0.1) is 0 Å². The highest BCUT2D eigenvalue weighted by atomic mass is 16.5. The van der Waals surface area contributed by atoms with Crippen LogP contribution in [0.25, 0.3) is 0 Å². The quantitative estimate of drug-likeness (QED) is 0.586. The van der Waals surface area contributed by atoms with Gasteiger partial charge in [0.1, 0.15) is 12.1 Å². The molecule has 0 aromatic heterocycles. The van der Waals surface area contributed by atoms with E-state index in [1.807, 2.05) is 6.92 Å². The monoisotopic (exact) mass is 300 g/mol. The maximum absolute atomic E-state index is 12.2. The van der Waals surface area contributed by atoms with Gasteiger partial charge in [0.15, 0.2) is 0 Å². The molecule has 0 saturated carbocycles. The standard InChI is InChI=1S/C14H24N2O5/c1-4-5-9-21-13(19)15-10-11(17)16-8-6-7-14(16,2)12(18)20-3/h4-10H2,1-3H3,(H,15,19)/t14-/m0/s1. The van der Waals surface area contributed by atoms with Gasteiger partial charge in [-0.3, -0.25) is 4.79 Å². The minimum atomic E-state index is -0.945. The number of hydrogen-bond donors (Lipinski definition) is 1. The Labute approximate surface area is 124 Å². The first-order chi connectivity index (χ1) is 9.95. The van der Waals surface area contributed by atoms with E-state index in [1.54, 1.807) is 6.92 Å². The summed E-state index contributed by atoms with van der Waals surface area (Å²) in [6.45, 7) is 4.31. The van der Waals surface area contributed by atoms with E-state index < -0.39 is 17.6 Å². The van der Waals surface area contributed by atoms with Gasteiger partial charge in [0, 0.05) is 6.54 Å². The molecule has 1 atom stereocenters. The Balaban J connectivity index is 2.47. The lowest BCUT2D eigenvalue weighted by atomic mass is 9.99. The Morgan fingerprint density at radius 3 is 2.67 bits per heavy atom. The van der Waals surface area contributed by atoms with Crippen LogP contribution >= 0.6 is 0 Å². The second-order valence-corrected chi connectivity index (χ2v) is 5.26. The molecule has 1 N–H and O–H groups in total. The van der Waals surface area contributed by atoms with E-state index in [4.69, 9.17) is 9.47 Å². The van der Waals surface area contributed by atoms with Crippen LogP contribution in [0.1, 0.15) is 39.5 Å². The zero-order valence-electron chi connectivity index (χ0n) is 12.9. The number of carbonyl (C=O) groups excluding carboxylic acids is 3. The molecule has 1 heterocycles. The number of methoxy groups -OCH3 is 1. The van der Waals surface area contributed by atoms with Gasteiger partial charge >= 0.3 is 12.1 Å². The lowest BCUT2D eigenvalue weighted by molar-refractivity contribution is -0.157. The molecule has 0 spiro atoms. The molecule has 2 amide bonds. The van der Waals surface area contributed by atoms with Crippen molar-refractivity contribution < 1.29 is 23.9 Å². The molecule has 1 aliphatic heterocycles. The third-order valence-electron chi connectivity index (χ3n) is 3.68. The number of nitrogens with zero attached hydrogens (tertiary/aromatic N) is 1. The van der Waals surface area contributed by atoms with Crippen molar-refractivity contribution in [3.05, 3.63) is 0 Å². The first-order valence-corrected chi connectivity index (χ1v) is 7.25. The van der Waals surface area contributed by atoms with E-state index in [-0.39, 0.29) is 12.5 Å². The Morgan fingerprint density at radius 1 is 1.33 bits per heavy atom. The maximum atomic E-state index is 12.2. The van der Waals surface area contributed by atoms with Crippen LogP contribution in [0.5, 0.6) is 0 Å². The van der Waals surface area contributed by atoms with Crippen molar-refractivity contribution in [1.29, 1.82) is 0 Å². The van der Waals surface area contributed by atoms with Crippen LogP contribution in [0.2, 0.25) is 0 Å². The highest BCUT2D eigenvalue weighted by Crippen LogP contribution is 2.30. The summed E-state index contributed by atoms with van der Waals surface area (Å²) in [4.78, 5) is 36.9. The molecule has 0 unspecified atom stereocenters. The van der Waals surface area contributed by atoms with E-state index >= 15 is 0 Å². The van der Waals surface area contributed by atoms with Crippen molar-refractivity contribution >= 4 is 18.0 Å². The molecule has 1 fully saturated rings. The van der Waals surface area contributed by atoms with Crippen molar-refractivity contribution in [2.45, 2.75) is 45.1 Å². The van der Waals surface area contributed by atoms with Gasteiger partial charge in [-0.2, -0.15) is 0 Å². The summed E-state index contributed by atoms with van der Waals surface area (Å²) < 4.78 is 9.67. The fourth-order valence-electron chi connectivity index (χ4n) is 2.40. The summed E-state index contributed by atoms with van der Waals surface area (Å²) in [5.41, 5.74) is -0.945. The van der Waals surface area contributed by atoms with Crippen molar-refractivity contribution in [3.8, 4) is 0 Å². The lowest BCUT2D eigenvalue weighted by Crippen LogP contribution is -2.53. The van der Waals surface area contributed by atoms with Crippen LogP contribution in [-0.4, -0.2) is 55.2 Å². The highest BCUT2D eigenvalue weighted by Gasteiger charge is 2.46. The molecule has 120 valence electrons. The lowest BCUT2D eigenvalue weighted by Gasteiger charge is -2.32. The zero-order chi connectivity index (χ0) is 15.9. The molecule has 7 nitrogen and oxygen atoms in total. The fourth-order valence-corrected chi connectivity index (χ4v) is 2.40. The van der Waals surface area contributed by atoms with Crippen molar-refractivity contribution in [3.63, 3.8) is 0 Å². The summed E-state index contributed by atoms with van der Waals surface area (Å²) in [5, 5.41) is 2.41. The smallest absolute Gasteiger partial charge is 0.407 e. The first-order valence-electron chi connectivity index (χ1n) is 7.25. The highest BCUT2D eigenvalue weighted by molar-refractivity contribution is 5.90. The molecular formula is C14H24N2O5. The number of ether oxygens (including phenoxy) is 2. The van der Waals surface area contributed by atoms with Gasteiger partial charge < -0.3 is 19.7 Å². The molecule has 0 radical (unpaired) electrons. The van der Waals surface area contributed by atoms with Gasteiger partial charge in [-0.05, 0) is 26.2 Å². The van der Waals surface area contributed by atoms with Crippen molar-refractivity contribution in [2.24, 2.45) is 0 Å². The summed E-state index contributed by atoms with van der Waals surface area (Å²) in [7, 11) is 1.30. The minimum Gasteiger partial charge on any atom is -0.467 e. The topological polar surface area (TPSA) is 84.9 Å². The number of rotatable bonds is 6. The number of likely N-dealkylation sites (tertiary alicyclic amines) is 1. The molecule has 0 aromatic carbocycles. The van der Waals surface area contributed by atoms with Gasteiger partial charge in [0.25, 0.3) is 0 Å². The number of alkyl carbamates (subject to hydrolysis) is 1. The fraction of sp³-hybridized carbons (Fsp3) is 0.786. The molecule has 7 heteroatoms. The molecule has 1 rings (SSSR count). The molecule has 0 aliphatic carbocycles. The number of hydrogen-bond acceptors (Lipinski definition) is 5. The number of unbranched alkanes of at least 4 members (excludes halogenated alkanes) is 1. The maximum Gasteiger partial charge on any atom is 0.407 e. The average molecular weight is 300 g/mol. The van der Waals surface area contributed by atoms with Gasteiger partial charge in [-0.15, -0.1) is 0 Å². The van der Waals surface area contributed by atoms with E-state index in [9.17, 15) is 14.4 Å². The Hall–Kier alpha value is -1.79. The number of amides is 2. The summed E-state index contributed by atoms with van der Waals surface area (Å²) in [6, 6.07) is 0. The zero-order valence-corrected chi connectivity index (χ0v) is 12.9. The molecule has 1 saturated heterocycles. The molecular weight excluding hydrogens is 276 g/mol. The van der Waals surface area contributed by atoms with Crippen molar-refractivity contribution in [2.75, 3.05) is 26.8 Å². The third kappa shape index (κ3) is 4.34. The first kappa shape index (κ1) is 17.3. The normalized spacial score (nSPS) is 21.0. The number of esters is 1. The molecule has 1 aliphatic rings. The Kier molecular flexibility index (Phi) is 6.45. The summed E-state index contributed by atoms with van der Waals surface area (Å²) >= 11 is 0. The van der Waals surface area contributed by atoms with Crippen LogP contribution in [-0.2, 0) is 19.1 Å².